The van der Waals surface area contributed by atoms with Gasteiger partial charge >= 0.3 is 0 Å². The molecule has 0 fully saturated rings. The Labute approximate surface area is 133 Å². The van der Waals surface area contributed by atoms with Crippen molar-refractivity contribution in [1.29, 1.82) is 0 Å². The second kappa shape index (κ2) is 4.42. The van der Waals surface area contributed by atoms with E-state index in [9.17, 15) is 0 Å². The fourth-order valence-corrected chi connectivity index (χ4v) is 2.95. The molecule has 0 spiro atoms. The molecule has 0 radical (unpaired) electrons. The smallest absolute Gasteiger partial charge is 0.177 e. The van der Waals surface area contributed by atoms with Crippen LogP contribution in [-0.2, 0) is 7.05 Å². The lowest BCUT2D eigenvalue weighted by molar-refractivity contribution is 0.626. The highest BCUT2D eigenvalue weighted by molar-refractivity contribution is 14.1. The molecular weight excluding hydrogens is 381 g/mol. The number of anilines is 1. The molecule has 6 nitrogen and oxygen atoms in total. The molecule has 4 aromatic rings. The summed E-state index contributed by atoms with van der Waals surface area (Å²) in [4.78, 5) is 8.25. The summed E-state index contributed by atoms with van der Waals surface area (Å²) < 4.78 is 8.68. The predicted octanol–water partition coefficient (Wildman–Crippen LogP) is 2.96. The zero-order chi connectivity index (χ0) is 14.6. The maximum Gasteiger partial charge on any atom is 0.177 e. The van der Waals surface area contributed by atoms with Gasteiger partial charge in [0.15, 0.2) is 17.2 Å². The molecule has 4 heterocycles. The molecule has 0 amide bonds. The van der Waals surface area contributed by atoms with Crippen LogP contribution in [0.2, 0.25) is 0 Å². The number of aromatic nitrogens is 4. The highest BCUT2D eigenvalue weighted by Gasteiger charge is 2.17. The Kier molecular flexibility index (Phi) is 2.64. The quantitative estimate of drug-likeness (QED) is 0.505. The molecule has 0 aromatic carbocycles. The minimum atomic E-state index is 0.388. The topological polar surface area (TPSA) is 82.8 Å². The molecule has 4 aromatic heterocycles. The first-order valence-electron chi connectivity index (χ1n) is 6.26. The minimum Gasteiger partial charge on any atom is -0.450 e. The number of nitrogen functional groups attached to an aromatic ring is 1. The van der Waals surface area contributed by atoms with E-state index >= 15 is 0 Å². The molecule has 0 saturated carbocycles. The summed E-state index contributed by atoms with van der Waals surface area (Å²) in [5, 5.41) is 6.48. The lowest BCUT2D eigenvalue weighted by atomic mass is 10.2. The first-order valence-corrected chi connectivity index (χ1v) is 7.33. The Morgan fingerprint density at radius 3 is 2.95 bits per heavy atom. The molecule has 0 saturated heterocycles. The second-order valence-electron chi connectivity index (χ2n) is 4.71. The molecule has 0 aliphatic carbocycles. The molecule has 2 N–H and O–H groups in total. The number of pyridine rings is 2. The standard InChI is InChI=1S/C14H10IN5O/c1-20-10-6-17-3-2-7(10)12(19-20)11-4-8-9(15)5-18-14(16)13(8)21-11/h2-6H,1H3,(H2,16,18). The van der Waals surface area contributed by atoms with Gasteiger partial charge < -0.3 is 10.2 Å². The normalized spacial score (nSPS) is 11.5. The maximum atomic E-state index is 5.90. The Morgan fingerprint density at radius 2 is 2.14 bits per heavy atom. The van der Waals surface area contributed by atoms with Crippen molar-refractivity contribution in [2.75, 3.05) is 5.73 Å². The van der Waals surface area contributed by atoms with E-state index in [0.717, 1.165) is 25.6 Å². The van der Waals surface area contributed by atoms with E-state index < -0.39 is 0 Å². The SMILES string of the molecule is Cn1nc(-c2cc3c(I)cnc(N)c3o2)c2ccncc21. The number of furan rings is 1. The number of aryl methyl sites for hydroxylation is 1. The fourth-order valence-electron chi connectivity index (χ4n) is 2.41. The van der Waals surface area contributed by atoms with Gasteiger partial charge in [-0.05, 0) is 34.7 Å². The molecule has 21 heavy (non-hydrogen) atoms. The van der Waals surface area contributed by atoms with Crippen LogP contribution in [-0.4, -0.2) is 19.7 Å². The monoisotopic (exact) mass is 391 g/mol. The van der Waals surface area contributed by atoms with Gasteiger partial charge in [-0.15, -0.1) is 0 Å². The van der Waals surface area contributed by atoms with E-state index in [-0.39, 0.29) is 0 Å². The van der Waals surface area contributed by atoms with Crippen LogP contribution in [0.25, 0.3) is 33.3 Å². The summed E-state index contributed by atoms with van der Waals surface area (Å²) in [6, 6.07) is 3.88. The summed E-state index contributed by atoms with van der Waals surface area (Å²) in [5.74, 6) is 1.07. The third-order valence-corrected chi connectivity index (χ3v) is 4.29. The van der Waals surface area contributed by atoms with Gasteiger partial charge in [-0.1, -0.05) is 0 Å². The van der Waals surface area contributed by atoms with Crippen LogP contribution < -0.4 is 5.73 Å². The Morgan fingerprint density at radius 1 is 1.29 bits per heavy atom. The molecule has 4 rings (SSSR count). The van der Waals surface area contributed by atoms with Crippen molar-refractivity contribution in [3.63, 3.8) is 0 Å². The number of hydrogen-bond donors (Lipinski definition) is 1. The number of hydrogen-bond acceptors (Lipinski definition) is 5. The molecular formula is C14H10IN5O. The molecule has 0 atom stereocenters. The van der Waals surface area contributed by atoms with Crippen LogP contribution >= 0.6 is 22.6 Å². The molecule has 7 heteroatoms. The third-order valence-electron chi connectivity index (χ3n) is 3.43. The summed E-state index contributed by atoms with van der Waals surface area (Å²) in [6.07, 6.45) is 5.27. The van der Waals surface area contributed by atoms with E-state index in [1.165, 1.54) is 0 Å². The lowest BCUT2D eigenvalue weighted by Crippen LogP contribution is -1.90. The van der Waals surface area contributed by atoms with Crippen LogP contribution in [0, 0.1) is 3.57 Å². The number of nitrogens with two attached hydrogens (primary N) is 1. The van der Waals surface area contributed by atoms with E-state index in [2.05, 4.69) is 37.7 Å². The molecule has 0 aliphatic rings. The Bertz CT molecular complexity index is 949. The number of halogens is 1. The summed E-state index contributed by atoms with van der Waals surface area (Å²) in [5.41, 5.74) is 8.22. The number of fused-ring (bicyclic) bond motifs is 2. The number of rotatable bonds is 1. The number of nitrogens with zero attached hydrogens (tertiary/aromatic N) is 4. The van der Waals surface area contributed by atoms with Crippen molar-refractivity contribution in [3.05, 3.63) is 34.3 Å². The van der Waals surface area contributed by atoms with Gasteiger partial charge in [0.1, 0.15) is 5.69 Å². The van der Waals surface area contributed by atoms with Gasteiger partial charge in [0.05, 0.1) is 11.7 Å². The van der Waals surface area contributed by atoms with Gasteiger partial charge in [0.25, 0.3) is 0 Å². The van der Waals surface area contributed by atoms with E-state index in [0.29, 0.717) is 17.2 Å². The maximum absolute atomic E-state index is 5.90. The van der Waals surface area contributed by atoms with Gasteiger partial charge in [-0.3, -0.25) is 9.67 Å². The summed E-state index contributed by atoms with van der Waals surface area (Å²) >= 11 is 2.22. The van der Waals surface area contributed by atoms with Crippen molar-refractivity contribution < 1.29 is 4.42 Å². The zero-order valence-electron chi connectivity index (χ0n) is 11.0. The van der Waals surface area contributed by atoms with Crippen molar-refractivity contribution >= 4 is 50.3 Å². The van der Waals surface area contributed by atoms with Crippen LogP contribution in [0.15, 0.2) is 35.1 Å². The van der Waals surface area contributed by atoms with Crippen molar-refractivity contribution in [2.24, 2.45) is 7.05 Å². The largest absolute Gasteiger partial charge is 0.450 e. The first kappa shape index (κ1) is 12.6. The van der Waals surface area contributed by atoms with Gasteiger partial charge in [-0.2, -0.15) is 5.10 Å². The Balaban J connectivity index is 2.05. The Hall–Kier alpha value is -2.16. The molecule has 104 valence electrons. The average molecular weight is 391 g/mol. The fraction of sp³-hybridized carbons (Fsp3) is 0.0714. The average Bonchev–Trinajstić information content (AvgIpc) is 3.07. The van der Waals surface area contributed by atoms with Gasteiger partial charge in [0.2, 0.25) is 0 Å². The molecule has 0 unspecified atom stereocenters. The van der Waals surface area contributed by atoms with E-state index in [1.54, 1.807) is 23.3 Å². The van der Waals surface area contributed by atoms with Crippen LogP contribution in [0.5, 0.6) is 0 Å². The van der Waals surface area contributed by atoms with Crippen molar-refractivity contribution in [2.45, 2.75) is 0 Å². The summed E-state index contributed by atoms with van der Waals surface area (Å²) in [6.45, 7) is 0. The highest BCUT2D eigenvalue weighted by atomic mass is 127. The van der Waals surface area contributed by atoms with Crippen LogP contribution in [0.1, 0.15) is 0 Å². The van der Waals surface area contributed by atoms with E-state index in [1.807, 2.05) is 19.2 Å². The first-order chi connectivity index (χ1) is 10.1. The zero-order valence-corrected chi connectivity index (χ0v) is 13.2. The van der Waals surface area contributed by atoms with Crippen molar-refractivity contribution in [3.8, 4) is 11.5 Å². The van der Waals surface area contributed by atoms with Crippen LogP contribution in [0.4, 0.5) is 5.82 Å². The molecule has 0 aliphatic heterocycles. The minimum absolute atomic E-state index is 0.388. The second-order valence-corrected chi connectivity index (χ2v) is 5.87. The van der Waals surface area contributed by atoms with Crippen LogP contribution in [0.3, 0.4) is 0 Å². The third kappa shape index (κ3) is 1.80. The lowest BCUT2D eigenvalue weighted by Gasteiger charge is -1.94. The van der Waals surface area contributed by atoms with Gasteiger partial charge in [0, 0.05) is 33.8 Å². The predicted molar refractivity (Wildman–Crippen MR) is 88.6 cm³/mol. The summed E-state index contributed by atoms with van der Waals surface area (Å²) in [7, 11) is 1.88. The highest BCUT2D eigenvalue weighted by Crippen LogP contribution is 2.34. The van der Waals surface area contributed by atoms with Gasteiger partial charge in [-0.25, -0.2) is 4.98 Å². The van der Waals surface area contributed by atoms with E-state index in [4.69, 9.17) is 10.2 Å². The van der Waals surface area contributed by atoms with Crippen molar-refractivity contribution in [1.82, 2.24) is 19.7 Å². The molecule has 0 bridgehead atoms.